The monoisotopic (exact) mass is 231 g/mol. The number of benzene rings is 1. The Hall–Kier alpha value is -1.94. The minimum Gasteiger partial charge on any atom is -0.487 e. The van der Waals surface area contributed by atoms with E-state index in [1.807, 2.05) is 0 Å². The lowest BCUT2D eigenvalue weighted by Crippen LogP contribution is -2.02. The molecule has 0 bridgehead atoms. The van der Waals surface area contributed by atoms with Crippen LogP contribution in [0.1, 0.15) is 22.9 Å². The number of aromatic nitrogens is 1. The zero-order chi connectivity index (χ0) is 11.8. The summed E-state index contributed by atoms with van der Waals surface area (Å²) in [4.78, 5) is 4.16. The molecule has 1 aliphatic rings. The van der Waals surface area contributed by atoms with Gasteiger partial charge in [0.15, 0.2) is 0 Å². The second-order valence-electron chi connectivity index (χ2n) is 3.91. The fourth-order valence-electron chi connectivity index (χ4n) is 2.00. The first-order valence-electron chi connectivity index (χ1n) is 5.30. The van der Waals surface area contributed by atoms with E-state index < -0.39 is 11.9 Å². The van der Waals surface area contributed by atoms with E-state index in [1.54, 1.807) is 18.3 Å². The molecule has 2 aromatic rings. The summed E-state index contributed by atoms with van der Waals surface area (Å²) >= 11 is 0. The van der Waals surface area contributed by atoms with Crippen molar-refractivity contribution >= 4 is 0 Å². The highest BCUT2D eigenvalue weighted by molar-refractivity contribution is 5.43. The van der Waals surface area contributed by atoms with Crippen molar-refractivity contribution in [3.63, 3.8) is 0 Å². The van der Waals surface area contributed by atoms with E-state index in [4.69, 9.17) is 4.74 Å². The predicted molar refractivity (Wildman–Crippen MR) is 59.0 cm³/mol. The topological polar surface area (TPSA) is 42.4 Å². The first-order chi connectivity index (χ1) is 8.25. The lowest BCUT2D eigenvalue weighted by atomic mass is 10.0. The number of fused-ring (bicyclic) bond motifs is 2. The van der Waals surface area contributed by atoms with Crippen molar-refractivity contribution in [1.82, 2.24) is 4.98 Å². The number of aliphatic hydroxyl groups is 1. The first-order valence-corrected chi connectivity index (χ1v) is 5.30. The second-order valence-corrected chi connectivity index (χ2v) is 3.91. The van der Waals surface area contributed by atoms with Gasteiger partial charge in [-0.2, -0.15) is 0 Å². The Morgan fingerprint density at radius 3 is 3.06 bits per heavy atom. The second kappa shape index (κ2) is 3.82. The van der Waals surface area contributed by atoms with Gasteiger partial charge < -0.3 is 9.84 Å². The summed E-state index contributed by atoms with van der Waals surface area (Å²) in [5, 5.41) is 10.2. The third-order valence-electron chi connectivity index (χ3n) is 2.85. The van der Waals surface area contributed by atoms with Crippen LogP contribution in [0.5, 0.6) is 5.75 Å². The summed E-state index contributed by atoms with van der Waals surface area (Å²) in [5.74, 6) is 0.107. The maximum absolute atomic E-state index is 13.2. The standard InChI is InChI=1S/C13H10FNO2/c14-8-3-4-12-10(6-8)13(16)9-2-1-5-15-11(9)7-17-12/h1-6,13,16H,7H2/t13-/m1/s1. The number of ether oxygens (including phenoxy) is 1. The quantitative estimate of drug-likeness (QED) is 0.755. The number of rotatable bonds is 0. The Bertz CT molecular complexity index is 571. The van der Waals surface area contributed by atoms with E-state index in [1.165, 1.54) is 18.2 Å². The Kier molecular flexibility index (Phi) is 2.30. The molecule has 1 aromatic carbocycles. The molecular formula is C13H10FNO2. The summed E-state index contributed by atoms with van der Waals surface area (Å²) in [6, 6.07) is 7.65. The van der Waals surface area contributed by atoms with Crippen LogP contribution in [0, 0.1) is 5.82 Å². The van der Waals surface area contributed by atoms with Gasteiger partial charge in [0.1, 0.15) is 24.3 Å². The highest BCUT2D eigenvalue weighted by Crippen LogP contribution is 2.35. The van der Waals surface area contributed by atoms with Crippen molar-refractivity contribution in [3.05, 3.63) is 59.2 Å². The first kappa shape index (κ1) is 10.2. The van der Waals surface area contributed by atoms with Gasteiger partial charge in [-0.15, -0.1) is 0 Å². The van der Waals surface area contributed by atoms with Gasteiger partial charge in [0.25, 0.3) is 0 Å². The molecule has 1 aromatic heterocycles. The lowest BCUT2D eigenvalue weighted by molar-refractivity contribution is 0.217. The van der Waals surface area contributed by atoms with Crippen LogP contribution < -0.4 is 4.74 Å². The van der Waals surface area contributed by atoms with Gasteiger partial charge in [0.05, 0.1) is 5.69 Å². The molecule has 3 rings (SSSR count). The Balaban J connectivity index is 2.18. The van der Waals surface area contributed by atoms with Gasteiger partial charge in [-0.05, 0) is 24.3 Å². The van der Waals surface area contributed by atoms with E-state index in [-0.39, 0.29) is 6.61 Å². The minimum atomic E-state index is -0.896. The van der Waals surface area contributed by atoms with E-state index in [2.05, 4.69) is 4.98 Å². The highest BCUT2D eigenvalue weighted by atomic mass is 19.1. The maximum atomic E-state index is 13.2. The molecule has 0 saturated carbocycles. The summed E-state index contributed by atoms with van der Waals surface area (Å²) < 4.78 is 18.7. The van der Waals surface area contributed by atoms with Gasteiger partial charge >= 0.3 is 0 Å². The Morgan fingerprint density at radius 2 is 2.18 bits per heavy atom. The van der Waals surface area contributed by atoms with Crippen molar-refractivity contribution < 1.29 is 14.2 Å². The van der Waals surface area contributed by atoms with Crippen LogP contribution in [0.25, 0.3) is 0 Å². The molecule has 0 aliphatic carbocycles. The van der Waals surface area contributed by atoms with Crippen LogP contribution in [-0.2, 0) is 6.61 Å². The zero-order valence-electron chi connectivity index (χ0n) is 8.93. The van der Waals surface area contributed by atoms with Gasteiger partial charge in [0.2, 0.25) is 0 Å². The Morgan fingerprint density at radius 1 is 1.29 bits per heavy atom. The average Bonchev–Trinajstić information content (AvgIpc) is 2.49. The molecule has 86 valence electrons. The van der Waals surface area contributed by atoms with Crippen molar-refractivity contribution in [1.29, 1.82) is 0 Å². The number of pyridine rings is 1. The molecule has 4 heteroatoms. The van der Waals surface area contributed by atoms with E-state index in [0.717, 1.165) is 0 Å². The molecular weight excluding hydrogens is 221 g/mol. The molecule has 17 heavy (non-hydrogen) atoms. The maximum Gasteiger partial charge on any atom is 0.131 e. The zero-order valence-corrected chi connectivity index (χ0v) is 8.93. The van der Waals surface area contributed by atoms with Crippen LogP contribution in [0.4, 0.5) is 4.39 Å². The molecule has 3 nitrogen and oxygen atoms in total. The van der Waals surface area contributed by atoms with Crippen LogP contribution in [0.15, 0.2) is 36.5 Å². The molecule has 0 unspecified atom stereocenters. The summed E-state index contributed by atoms with van der Waals surface area (Å²) in [7, 11) is 0. The predicted octanol–water partition coefficient (Wildman–Crippen LogP) is 2.19. The molecule has 1 aliphatic heterocycles. The smallest absolute Gasteiger partial charge is 0.131 e. The summed E-state index contributed by atoms with van der Waals surface area (Å²) in [6.45, 7) is 0.284. The number of aliphatic hydroxyl groups excluding tert-OH is 1. The number of nitrogens with zero attached hydrogens (tertiary/aromatic N) is 1. The van der Waals surface area contributed by atoms with Crippen LogP contribution in [0.3, 0.4) is 0 Å². The van der Waals surface area contributed by atoms with E-state index in [0.29, 0.717) is 22.6 Å². The van der Waals surface area contributed by atoms with Crippen molar-refractivity contribution in [2.24, 2.45) is 0 Å². The fourth-order valence-corrected chi connectivity index (χ4v) is 2.00. The molecule has 1 atom stereocenters. The minimum absolute atomic E-state index is 0.284. The Labute approximate surface area is 97.5 Å². The number of hydrogen-bond acceptors (Lipinski definition) is 3. The van der Waals surface area contributed by atoms with E-state index in [9.17, 15) is 9.50 Å². The van der Waals surface area contributed by atoms with Crippen molar-refractivity contribution in [3.8, 4) is 5.75 Å². The third kappa shape index (κ3) is 1.66. The molecule has 1 N–H and O–H groups in total. The van der Waals surface area contributed by atoms with Crippen LogP contribution >= 0.6 is 0 Å². The summed E-state index contributed by atoms with van der Waals surface area (Å²) in [6.07, 6.45) is 0.748. The molecule has 0 amide bonds. The highest BCUT2D eigenvalue weighted by Gasteiger charge is 2.23. The normalized spacial score (nSPS) is 17.6. The number of halogens is 1. The van der Waals surface area contributed by atoms with E-state index >= 15 is 0 Å². The number of hydrogen-bond donors (Lipinski definition) is 1. The fraction of sp³-hybridized carbons (Fsp3) is 0.154. The molecule has 0 radical (unpaired) electrons. The average molecular weight is 231 g/mol. The van der Waals surface area contributed by atoms with Gasteiger partial charge in [-0.3, -0.25) is 4.98 Å². The molecule has 2 heterocycles. The SMILES string of the molecule is O[C@H]1c2cc(F)ccc2OCc2ncccc21. The van der Waals surface area contributed by atoms with Gasteiger partial charge in [0, 0.05) is 17.3 Å². The molecule has 0 saturated heterocycles. The lowest BCUT2D eigenvalue weighted by Gasteiger charge is -2.12. The van der Waals surface area contributed by atoms with Crippen LogP contribution in [0.2, 0.25) is 0 Å². The molecule has 0 fully saturated rings. The van der Waals surface area contributed by atoms with Crippen LogP contribution in [-0.4, -0.2) is 10.1 Å². The largest absolute Gasteiger partial charge is 0.487 e. The van der Waals surface area contributed by atoms with Crippen molar-refractivity contribution in [2.75, 3.05) is 0 Å². The van der Waals surface area contributed by atoms with Crippen molar-refractivity contribution in [2.45, 2.75) is 12.7 Å². The third-order valence-corrected chi connectivity index (χ3v) is 2.85. The molecule has 0 spiro atoms. The summed E-state index contributed by atoms with van der Waals surface area (Å²) in [5.41, 5.74) is 1.78. The van der Waals surface area contributed by atoms with Gasteiger partial charge in [-0.25, -0.2) is 4.39 Å². The van der Waals surface area contributed by atoms with Gasteiger partial charge in [-0.1, -0.05) is 6.07 Å².